The number of nitrogens with zero attached hydrogens (tertiary/aromatic N) is 1. The van der Waals surface area contributed by atoms with E-state index in [9.17, 15) is 13.2 Å². The van der Waals surface area contributed by atoms with Gasteiger partial charge in [-0.1, -0.05) is 0 Å². The van der Waals surface area contributed by atoms with E-state index in [2.05, 4.69) is 33.1 Å². The van der Waals surface area contributed by atoms with Gasteiger partial charge in [-0.15, -0.1) is 0 Å². The number of anilines is 1. The van der Waals surface area contributed by atoms with Gasteiger partial charge >= 0.3 is 6.18 Å². The molecule has 1 atom stereocenters. The molecule has 21 heavy (non-hydrogen) atoms. The summed E-state index contributed by atoms with van der Waals surface area (Å²) in [5.41, 5.74) is 0.0527. The molecule has 0 spiro atoms. The van der Waals surface area contributed by atoms with Crippen LogP contribution in [0.2, 0.25) is 0 Å². The van der Waals surface area contributed by atoms with Crippen LogP contribution in [0, 0.1) is 5.92 Å². The van der Waals surface area contributed by atoms with E-state index in [-0.39, 0.29) is 5.54 Å². The number of benzene rings is 1. The molecule has 3 rings (SSSR count). The molecule has 2 fully saturated rings. The van der Waals surface area contributed by atoms with Crippen molar-refractivity contribution in [2.24, 2.45) is 5.92 Å². The van der Waals surface area contributed by atoms with Crippen molar-refractivity contribution in [3.05, 3.63) is 28.2 Å². The minimum Gasteiger partial charge on any atom is -0.367 e. The SMILES string of the molecule is CC1(C2CC2)CN(c2cc(C(F)(F)F)ccc2Br)CCN1. The van der Waals surface area contributed by atoms with Crippen molar-refractivity contribution in [3.63, 3.8) is 0 Å². The summed E-state index contributed by atoms with van der Waals surface area (Å²) in [4.78, 5) is 2.06. The molecule has 2 aliphatic rings. The predicted octanol–water partition coefficient (Wildman–Crippen LogP) is 4.05. The highest BCUT2D eigenvalue weighted by Crippen LogP contribution is 2.42. The first-order valence-electron chi connectivity index (χ1n) is 7.16. The summed E-state index contributed by atoms with van der Waals surface area (Å²) in [6, 6.07) is 3.87. The normalized spacial score (nSPS) is 27.0. The molecule has 1 aliphatic carbocycles. The Labute approximate surface area is 130 Å². The Bertz CT molecular complexity index is 542. The Morgan fingerprint density at radius 1 is 1.33 bits per heavy atom. The molecule has 1 saturated heterocycles. The van der Waals surface area contributed by atoms with Crippen LogP contribution in [-0.4, -0.2) is 25.2 Å². The molecule has 2 nitrogen and oxygen atoms in total. The largest absolute Gasteiger partial charge is 0.416 e. The van der Waals surface area contributed by atoms with Crippen LogP contribution in [0.15, 0.2) is 22.7 Å². The summed E-state index contributed by atoms with van der Waals surface area (Å²) in [5, 5.41) is 3.54. The van der Waals surface area contributed by atoms with Crippen molar-refractivity contribution in [1.82, 2.24) is 5.32 Å². The summed E-state index contributed by atoms with van der Waals surface area (Å²) in [7, 11) is 0. The summed E-state index contributed by atoms with van der Waals surface area (Å²) in [6.45, 7) is 4.45. The van der Waals surface area contributed by atoms with E-state index in [0.717, 1.165) is 30.2 Å². The van der Waals surface area contributed by atoms with Gasteiger partial charge in [0.1, 0.15) is 0 Å². The first-order chi connectivity index (χ1) is 9.79. The molecule has 1 aromatic carbocycles. The Morgan fingerprint density at radius 2 is 2.05 bits per heavy atom. The lowest BCUT2D eigenvalue weighted by Crippen LogP contribution is -2.60. The van der Waals surface area contributed by atoms with Gasteiger partial charge < -0.3 is 10.2 Å². The van der Waals surface area contributed by atoms with Crippen molar-refractivity contribution in [2.45, 2.75) is 31.5 Å². The number of halogens is 4. The predicted molar refractivity (Wildman–Crippen MR) is 80.5 cm³/mol. The molecule has 0 bridgehead atoms. The lowest BCUT2D eigenvalue weighted by atomic mass is 9.92. The zero-order valence-electron chi connectivity index (χ0n) is 11.8. The molecule has 0 aromatic heterocycles. The van der Waals surface area contributed by atoms with E-state index < -0.39 is 11.7 Å². The molecule has 0 radical (unpaired) electrons. The lowest BCUT2D eigenvalue weighted by molar-refractivity contribution is -0.137. The monoisotopic (exact) mass is 362 g/mol. The van der Waals surface area contributed by atoms with Crippen LogP contribution >= 0.6 is 15.9 Å². The third-order valence-electron chi connectivity index (χ3n) is 4.52. The van der Waals surface area contributed by atoms with Gasteiger partial charge in [-0.2, -0.15) is 13.2 Å². The quantitative estimate of drug-likeness (QED) is 0.853. The smallest absolute Gasteiger partial charge is 0.367 e. The minimum atomic E-state index is -4.30. The highest BCUT2D eigenvalue weighted by Gasteiger charge is 2.44. The zero-order chi connectivity index (χ0) is 15.3. The van der Waals surface area contributed by atoms with Gasteiger partial charge in [0, 0.05) is 29.6 Å². The van der Waals surface area contributed by atoms with E-state index in [1.54, 1.807) is 0 Å². The first kappa shape index (κ1) is 15.2. The Morgan fingerprint density at radius 3 is 2.67 bits per heavy atom. The molecule has 1 aliphatic heterocycles. The number of alkyl halides is 3. The maximum absolute atomic E-state index is 12.9. The van der Waals surface area contributed by atoms with Crippen LogP contribution in [0.5, 0.6) is 0 Å². The van der Waals surface area contributed by atoms with E-state index in [4.69, 9.17) is 0 Å². The lowest BCUT2D eigenvalue weighted by Gasteiger charge is -2.43. The van der Waals surface area contributed by atoms with E-state index in [0.29, 0.717) is 11.6 Å². The molecular weight excluding hydrogens is 345 g/mol. The number of nitrogens with one attached hydrogen (secondary N) is 1. The van der Waals surface area contributed by atoms with Gasteiger partial charge in [-0.05, 0) is 59.8 Å². The van der Waals surface area contributed by atoms with Crippen molar-refractivity contribution >= 4 is 21.6 Å². The van der Waals surface area contributed by atoms with Crippen molar-refractivity contribution in [1.29, 1.82) is 0 Å². The highest BCUT2D eigenvalue weighted by atomic mass is 79.9. The molecule has 1 N–H and O–H groups in total. The summed E-state index contributed by atoms with van der Waals surface area (Å²) < 4.78 is 39.5. The third kappa shape index (κ3) is 3.06. The Hall–Kier alpha value is -0.750. The zero-order valence-corrected chi connectivity index (χ0v) is 13.4. The second kappa shape index (κ2) is 5.16. The topological polar surface area (TPSA) is 15.3 Å². The highest BCUT2D eigenvalue weighted by molar-refractivity contribution is 9.10. The van der Waals surface area contributed by atoms with Gasteiger partial charge in [0.05, 0.1) is 11.3 Å². The van der Waals surface area contributed by atoms with E-state index in [1.807, 2.05) is 0 Å². The summed E-state index contributed by atoms with van der Waals surface area (Å²) >= 11 is 3.39. The average Bonchev–Trinajstić information content (AvgIpc) is 3.22. The molecule has 1 heterocycles. The second-order valence-corrected chi connectivity index (χ2v) is 7.06. The van der Waals surface area contributed by atoms with Crippen LogP contribution in [0.3, 0.4) is 0 Å². The number of piperazine rings is 1. The van der Waals surface area contributed by atoms with Crippen LogP contribution in [0.4, 0.5) is 18.9 Å². The minimum absolute atomic E-state index is 0.00588. The van der Waals surface area contributed by atoms with Crippen molar-refractivity contribution < 1.29 is 13.2 Å². The van der Waals surface area contributed by atoms with Crippen molar-refractivity contribution in [2.75, 3.05) is 24.5 Å². The summed E-state index contributed by atoms with van der Waals surface area (Å²) in [6.07, 6.45) is -1.88. The van der Waals surface area contributed by atoms with Crippen LogP contribution in [-0.2, 0) is 6.18 Å². The van der Waals surface area contributed by atoms with Gasteiger partial charge in [0.25, 0.3) is 0 Å². The van der Waals surface area contributed by atoms with Crippen LogP contribution in [0.1, 0.15) is 25.3 Å². The Kier molecular flexibility index (Phi) is 3.72. The number of rotatable bonds is 2. The number of hydrogen-bond acceptors (Lipinski definition) is 2. The molecule has 1 unspecified atom stereocenters. The van der Waals surface area contributed by atoms with Gasteiger partial charge in [-0.3, -0.25) is 0 Å². The van der Waals surface area contributed by atoms with Crippen LogP contribution in [0.25, 0.3) is 0 Å². The fourth-order valence-electron chi connectivity index (χ4n) is 3.14. The fraction of sp³-hybridized carbons (Fsp3) is 0.600. The van der Waals surface area contributed by atoms with E-state index >= 15 is 0 Å². The second-order valence-electron chi connectivity index (χ2n) is 6.20. The molecule has 1 aromatic rings. The summed E-state index contributed by atoms with van der Waals surface area (Å²) in [5.74, 6) is 0.643. The third-order valence-corrected chi connectivity index (χ3v) is 5.19. The van der Waals surface area contributed by atoms with Crippen LogP contribution < -0.4 is 10.2 Å². The fourth-order valence-corrected chi connectivity index (χ4v) is 3.64. The number of hydrogen-bond donors (Lipinski definition) is 1. The molecule has 1 saturated carbocycles. The van der Waals surface area contributed by atoms with E-state index in [1.165, 1.54) is 25.0 Å². The van der Waals surface area contributed by atoms with Gasteiger partial charge in [0.15, 0.2) is 0 Å². The standard InChI is InChI=1S/C15H18BrF3N2/c1-14(10-2-3-10)9-21(7-6-20-14)13-8-11(15(17,18)19)4-5-12(13)16/h4-5,8,10,20H,2-3,6-7,9H2,1H3. The maximum atomic E-state index is 12.9. The molecule has 116 valence electrons. The Balaban J connectivity index is 1.88. The van der Waals surface area contributed by atoms with Gasteiger partial charge in [0.2, 0.25) is 0 Å². The molecular formula is C15H18BrF3N2. The average molecular weight is 363 g/mol. The first-order valence-corrected chi connectivity index (χ1v) is 7.96. The molecule has 6 heteroatoms. The molecule has 0 amide bonds. The van der Waals surface area contributed by atoms with Crippen molar-refractivity contribution in [3.8, 4) is 0 Å². The maximum Gasteiger partial charge on any atom is 0.416 e. The van der Waals surface area contributed by atoms with Gasteiger partial charge in [-0.25, -0.2) is 0 Å².